The number of ketones is 1. The first kappa shape index (κ1) is 18.7. The highest BCUT2D eigenvalue weighted by Gasteiger charge is 2.37. The Labute approximate surface area is 132 Å². The minimum atomic E-state index is -1.04. The van der Waals surface area contributed by atoms with Crippen LogP contribution in [0.1, 0.15) is 66.2 Å². The first-order chi connectivity index (χ1) is 10.2. The van der Waals surface area contributed by atoms with Gasteiger partial charge in [0.1, 0.15) is 11.5 Å². The van der Waals surface area contributed by atoms with E-state index in [2.05, 4.69) is 0 Å². The van der Waals surface area contributed by atoms with Crippen LogP contribution in [0.5, 0.6) is 0 Å². The van der Waals surface area contributed by atoms with E-state index < -0.39 is 23.5 Å². The summed E-state index contributed by atoms with van der Waals surface area (Å²) >= 11 is 0. The molecular weight excluding hydrogens is 284 g/mol. The van der Waals surface area contributed by atoms with Crippen molar-refractivity contribution in [2.24, 2.45) is 11.8 Å². The summed E-state index contributed by atoms with van der Waals surface area (Å²) in [5.41, 5.74) is -0.684. The van der Waals surface area contributed by atoms with E-state index in [-0.39, 0.29) is 24.7 Å². The van der Waals surface area contributed by atoms with Crippen LogP contribution in [0.25, 0.3) is 0 Å². The fraction of sp³-hybridized carbons (Fsp3) is 0.824. The molecule has 1 unspecified atom stereocenters. The van der Waals surface area contributed by atoms with E-state index in [1.807, 2.05) is 0 Å². The summed E-state index contributed by atoms with van der Waals surface area (Å²) in [7, 11) is 0. The lowest BCUT2D eigenvalue weighted by atomic mass is 9.80. The molecule has 126 valence electrons. The standard InChI is InChI=1S/C17H28O5/c1-5-21-14(18)11-13(16(20)22-17(2,3)4)15(19)12-9-7-6-8-10-12/h12-13H,5-11H2,1-4H3. The van der Waals surface area contributed by atoms with Gasteiger partial charge < -0.3 is 9.47 Å². The van der Waals surface area contributed by atoms with Gasteiger partial charge in [-0.3, -0.25) is 14.4 Å². The number of hydrogen-bond donors (Lipinski definition) is 0. The molecule has 0 aromatic rings. The second-order valence-electron chi connectivity index (χ2n) is 6.83. The van der Waals surface area contributed by atoms with Crippen LogP contribution in [0.2, 0.25) is 0 Å². The van der Waals surface area contributed by atoms with Crippen LogP contribution in [0, 0.1) is 11.8 Å². The monoisotopic (exact) mass is 312 g/mol. The minimum Gasteiger partial charge on any atom is -0.466 e. The molecule has 0 aliphatic heterocycles. The summed E-state index contributed by atoms with van der Waals surface area (Å²) in [6, 6.07) is 0. The van der Waals surface area contributed by atoms with Gasteiger partial charge in [-0.05, 0) is 40.5 Å². The lowest BCUT2D eigenvalue weighted by molar-refractivity contribution is -0.167. The van der Waals surface area contributed by atoms with E-state index in [1.54, 1.807) is 27.7 Å². The Kier molecular flexibility index (Phi) is 7.04. The molecule has 0 amide bonds. The summed E-state index contributed by atoms with van der Waals surface area (Å²) < 4.78 is 10.2. The Hall–Kier alpha value is -1.39. The van der Waals surface area contributed by atoms with Crippen LogP contribution >= 0.6 is 0 Å². The predicted molar refractivity (Wildman–Crippen MR) is 82.2 cm³/mol. The number of hydrogen-bond acceptors (Lipinski definition) is 5. The van der Waals surface area contributed by atoms with Crippen molar-refractivity contribution < 1.29 is 23.9 Å². The lowest BCUT2D eigenvalue weighted by Crippen LogP contribution is -2.37. The third-order valence-electron chi connectivity index (χ3n) is 3.72. The number of esters is 2. The van der Waals surface area contributed by atoms with Gasteiger partial charge in [0.25, 0.3) is 0 Å². The van der Waals surface area contributed by atoms with Crippen molar-refractivity contribution in [1.29, 1.82) is 0 Å². The average Bonchev–Trinajstić information content (AvgIpc) is 2.43. The highest BCUT2D eigenvalue weighted by molar-refractivity contribution is 6.02. The molecule has 0 aromatic heterocycles. The Morgan fingerprint density at radius 2 is 1.68 bits per heavy atom. The number of ether oxygens (including phenoxy) is 2. The molecular formula is C17H28O5. The number of carbonyl (C=O) groups excluding carboxylic acids is 3. The molecule has 1 aliphatic rings. The predicted octanol–water partition coefficient (Wildman–Crippen LogP) is 3.05. The van der Waals surface area contributed by atoms with Crippen LogP contribution < -0.4 is 0 Å². The van der Waals surface area contributed by atoms with Gasteiger partial charge in [0.2, 0.25) is 0 Å². The topological polar surface area (TPSA) is 69.7 Å². The van der Waals surface area contributed by atoms with Gasteiger partial charge in [-0.1, -0.05) is 19.3 Å². The van der Waals surface area contributed by atoms with E-state index >= 15 is 0 Å². The molecule has 0 heterocycles. The van der Waals surface area contributed by atoms with E-state index in [0.29, 0.717) is 0 Å². The van der Waals surface area contributed by atoms with Crippen molar-refractivity contribution in [3.05, 3.63) is 0 Å². The average molecular weight is 312 g/mol. The van der Waals surface area contributed by atoms with E-state index in [4.69, 9.17) is 9.47 Å². The lowest BCUT2D eigenvalue weighted by Gasteiger charge is -2.27. The second kappa shape index (κ2) is 8.30. The van der Waals surface area contributed by atoms with Crippen molar-refractivity contribution in [3.8, 4) is 0 Å². The summed E-state index contributed by atoms with van der Waals surface area (Å²) in [4.78, 5) is 36.7. The molecule has 0 saturated heterocycles. The molecule has 1 saturated carbocycles. The summed E-state index contributed by atoms with van der Waals surface area (Å²) in [5.74, 6) is -2.48. The molecule has 0 bridgehead atoms. The first-order valence-corrected chi connectivity index (χ1v) is 8.16. The van der Waals surface area contributed by atoms with Crippen LogP contribution in [0.3, 0.4) is 0 Å². The van der Waals surface area contributed by atoms with Gasteiger partial charge in [0.05, 0.1) is 13.0 Å². The molecule has 1 fully saturated rings. The fourth-order valence-corrected chi connectivity index (χ4v) is 2.73. The molecule has 0 radical (unpaired) electrons. The second-order valence-corrected chi connectivity index (χ2v) is 6.83. The van der Waals surface area contributed by atoms with Crippen LogP contribution in [0.15, 0.2) is 0 Å². The first-order valence-electron chi connectivity index (χ1n) is 8.16. The number of carbonyl (C=O) groups is 3. The van der Waals surface area contributed by atoms with E-state index in [9.17, 15) is 14.4 Å². The number of rotatable bonds is 6. The molecule has 5 nitrogen and oxygen atoms in total. The van der Waals surface area contributed by atoms with E-state index in [1.165, 1.54) is 0 Å². The molecule has 22 heavy (non-hydrogen) atoms. The van der Waals surface area contributed by atoms with Crippen LogP contribution in [-0.2, 0) is 23.9 Å². The highest BCUT2D eigenvalue weighted by atomic mass is 16.6. The van der Waals surface area contributed by atoms with E-state index in [0.717, 1.165) is 32.1 Å². The fourth-order valence-electron chi connectivity index (χ4n) is 2.73. The third-order valence-corrected chi connectivity index (χ3v) is 3.72. The molecule has 1 rings (SSSR count). The van der Waals surface area contributed by atoms with Crippen molar-refractivity contribution >= 4 is 17.7 Å². The smallest absolute Gasteiger partial charge is 0.317 e. The maximum absolute atomic E-state index is 12.7. The highest BCUT2D eigenvalue weighted by Crippen LogP contribution is 2.29. The zero-order valence-corrected chi connectivity index (χ0v) is 14.1. The van der Waals surface area contributed by atoms with Crippen molar-refractivity contribution in [2.75, 3.05) is 6.61 Å². The van der Waals surface area contributed by atoms with Crippen molar-refractivity contribution in [1.82, 2.24) is 0 Å². The van der Waals surface area contributed by atoms with Crippen LogP contribution in [-0.4, -0.2) is 29.9 Å². The van der Waals surface area contributed by atoms with Gasteiger partial charge in [0.15, 0.2) is 5.78 Å². The minimum absolute atomic E-state index is 0.138. The third kappa shape index (κ3) is 6.16. The Balaban J connectivity index is 2.82. The Morgan fingerprint density at radius 3 is 2.18 bits per heavy atom. The molecule has 1 atom stereocenters. The van der Waals surface area contributed by atoms with Crippen LogP contribution in [0.4, 0.5) is 0 Å². The molecule has 0 N–H and O–H groups in total. The summed E-state index contributed by atoms with van der Waals surface area (Å²) in [5, 5.41) is 0. The largest absolute Gasteiger partial charge is 0.466 e. The van der Waals surface area contributed by atoms with Gasteiger partial charge in [-0.15, -0.1) is 0 Å². The zero-order valence-electron chi connectivity index (χ0n) is 14.1. The van der Waals surface area contributed by atoms with Gasteiger partial charge in [-0.2, -0.15) is 0 Å². The van der Waals surface area contributed by atoms with Gasteiger partial charge in [-0.25, -0.2) is 0 Å². The normalized spacial score (nSPS) is 17.6. The summed E-state index contributed by atoms with van der Waals surface area (Å²) in [6.07, 6.45) is 4.48. The van der Waals surface area contributed by atoms with Gasteiger partial charge in [0, 0.05) is 5.92 Å². The summed E-state index contributed by atoms with van der Waals surface area (Å²) in [6.45, 7) is 7.17. The molecule has 1 aliphatic carbocycles. The van der Waals surface area contributed by atoms with Crippen molar-refractivity contribution in [2.45, 2.75) is 71.8 Å². The maximum atomic E-state index is 12.7. The Morgan fingerprint density at radius 1 is 1.09 bits per heavy atom. The van der Waals surface area contributed by atoms with Gasteiger partial charge >= 0.3 is 11.9 Å². The zero-order chi connectivity index (χ0) is 16.8. The van der Waals surface area contributed by atoms with Crippen molar-refractivity contribution in [3.63, 3.8) is 0 Å². The number of Topliss-reactive ketones (excluding diaryl/α,β-unsaturated/α-hetero) is 1. The molecule has 0 spiro atoms. The SMILES string of the molecule is CCOC(=O)CC(C(=O)OC(C)(C)C)C(=O)C1CCCCC1. The maximum Gasteiger partial charge on any atom is 0.317 e. The quantitative estimate of drug-likeness (QED) is 0.557. The molecule has 0 aromatic carbocycles. The Bertz CT molecular complexity index is 402. The molecule has 5 heteroatoms.